The molecular weight excluding hydrogens is 348 g/mol. The number of piperazine rings is 1. The molecule has 1 aliphatic heterocycles. The number of hydrogen-bond acceptors (Lipinski definition) is 8. The molecule has 144 valence electrons. The number of rotatable bonds is 6. The molecule has 2 heterocycles. The number of amides is 1. The van der Waals surface area contributed by atoms with Gasteiger partial charge in [0.25, 0.3) is 0 Å². The maximum Gasteiger partial charge on any atom is 0.409 e. The summed E-state index contributed by atoms with van der Waals surface area (Å²) in [6, 6.07) is 7.58. The highest BCUT2D eigenvalue weighted by atomic mass is 16.6. The Bertz CT molecular complexity index is 747. The van der Waals surface area contributed by atoms with Crippen LogP contribution in [0, 0.1) is 0 Å². The lowest BCUT2D eigenvalue weighted by atomic mass is 10.3. The Morgan fingerprint density at radius 2 is 1.85 bits per heavy atom. The van der Waals surface area contributed by atoms with Gasteiger partial charge in [0.1, 0.15) is 5.75 Å². The summed E-state index contributed by atoms with van der Waals surface area (Å²) < 4.78 is 10.5. The van der Waals surface area contributed by atoms with E-state index in [2.05, 4.69) is 25.4 Å². The van der Waals surface area contributed by atoms with Gasteiger partial charge in [-0.05, 0) is 38.1 Å². The summed E-state index contributed by atoms with van der Waals surface area (Å²) in [6.07, 6.45) is 1.36. The Morgan fingerprint density at radius 1 is 1.11 bits per heavy atom. The van der Waals surface area contributed by atoms with Crippen molar-refractivity contribution in [1.29, 1.82) is 0 Å². The van der Waals surface area contributed by atoms with E-state index in [4.69, 9.17) is 9.47 Å². The Labute approximate surface area is 158 Å². The van der Waals surface area contributed by atoms with Gasteiger partial charge in [-0.25, -0.2) is 4.79 Å². The number of anilines is 3. The van der Waals surface area contributed by atoms with Gasteiger partial charge >= 0.3 is 6.09 Å². The number of nitrogens with one attached hydrogen (secondary N) is 1. The molecule has 1 aliphatic rings. The van der Waals surface area contributed by atoms with Crippen LogP contribution in [-0.4, -0.2) is 65.6 Å². The van der Waals surface area contributed by atoms with Crippen molar-refractivity contribution in [2.75, 3.05) is 49.6 Å². The minimum atomic E-state index is -0.268. The number of carbonyl (C=O) groups is 1. The molecule has 2 aromatic rings. The molecule has 0 aliphatic carbocycles. The first-order valence-corrected chi connectivity index (χ1v) is 9.06. The Hall–Kier alpha value is -3.10. The number of ether oxygens (including phenoxy) is 2. The average molecular weight is 372 g/mol. The topological polar surface area (TPSA) is 92.7 Å². The molecule has 0 bridgehead atoms. The second kappa shape index (κ2) is 9.02. The fraction of sp³-hybridized carbons (Fsp3) is 0.444. The molecule has 0 radical (unpaired) electrons. The Morgan fingerprint density at radius 3 is 2.52 bits per heavy atom. The molecule has 1 aromatic heterocycles. The molecule has 1 saturated heterocycles. The van der Waals surface area contributed by atoms with E-state index < -0.39 is 0 Å². The fourth-order valence-corrected chi connectivity index (χ4v) is 2.76. The third kappa shape index (κ3) is 4.96. The Balaban J connectivity index is 1.60. The third-order valence-electron chi connectivity index (χ3n) is 4.10. The van der Waals surface area contributed by atoms with Crippen LogP contribution in [0.15, 0.2) is 30.5 Å². The van der Waals surface area contributed by atoms with Crippen LogP contribution in [0.2, 0.25) is 0 Å². The number of aromatic nitrogens is 3. The smallest absolute Gasteiger partial charge is 0.409 e. The molecule has 0 saturated carbocycles. The lowest BCUT2D eigenvalue weighted by Gasteiger charge is -2.34. The molecule has 0 atom stereocenters. The van der Waals surface area contributed by atoms with Crippen LogP contribution in [-0.2, 0) is 4.74 Å². The van der Waals surface area contributed by atoms with Crippen LogP contribution in [0.3, 0.4) is 0 Å². The number of benzene rings is 1. The highest BCUT2D eigenvalue weighted by Crippen LogP contribution is 2.20. The average Bonchev–Trinajstić information content (AvgIpc) is 2.70. The first kappa shape index (κ1) is 18.7. The summed E-state index contributed by atoms with van der Waals surface area (Å²) in [7, 11) is 0. The van der Waals surface area contributed by atoms with Gasteiger partial charge in [-0.1, -0.05) is 0 Å². The molecule has 0 spiro atoms. The second-order valence-electron chi connectivity index (χ2n) is 5.89. The molecule has 1 fully saturated rings. The molecular formula is C18H24N6O3. The van der Waals surface area contributed by atoms with Crippen molar-refractivity contribution in [2.24, 2.45) is 0 Å². The van der Waals surface area contributed by atoms with Crippen molar-refractivity contribution in [2.45, 2.75) is 13.8 Å². The van der Waals surface area contributed by atoms with E-state index in [1.165, 1.54) is 0 Å². The molecule has 1 N–H and O–H groups in total. The van der Waals surface area contributed by atoms with Gasteiger partial charge in [-0.2, -0.15) is 10.1 Å². The lowest BCUT2D eigenvalue weighted by Crippen LogP contribution is -2.49. The molecule has 3 rings (SSSR count). The SMILES string of the molecule is CCOC(=O)N1CCN(c2cnnc(Nc3ccc(OCC)cc3)n2)CC1. The normalized spacial score (nSPS) is 14.0. The maximum absolute atomic E-state index is 11.8. The highest BCUT2D eigenvalue weighted by Gasteiger charge is 2.23. The summed E-state index contributed by atoms with van der Waals surface area (Å²) in [5.74, 6) is 1.96. The van der Waals surface area contributed by atoms with Gasteiger partial charge < -0.3 is 24.6 Å². The van der Waals surface area contributed by atoms with Gasteiger partial charge in [0, 0.05) is 31.9 Å². The van der Waals surface area contributed by atoms with Crippen molar-refractivity contribution in [3.8, 4) is 5.75 Å². The minimum Gasteiger partial charge on any atom is -0.494 e. The first-order chi connectivity index (χ1) is 13.2. The minimum absolute atomic E-state index is 0.268. The summed E-state index contributed by atoms with van der Waals surface area (Å²) in [6.45, 7) is 7.28. The predicted molar refractivity (Wildman–Crippen MR) is 102 cm³/mol. The predicted octanol–water partition coefficient (Wildman–Crippen LogP) is 2.29. The van der Waals surface area contributed by atoms with E-state index in [1.807, 2.05) is 31.2 Å². The van der Waals surface area contributed by atoms with Crippen molar-refractivity contribution < 1.29 is 14.3 Å². The van der Waals surface area contributed by atoms with Crippen LogP contribution < -0.4 is 15.0 Å². The second-order valence-corrected chi connectivity index (χ2v) is 5.89. The monoisotopic (exact) mass is 372 g/mol. The quantitative estimate of drug-likeness (QED) is 0.826. The van der Waals surface area contributed by atoms with Crippen LogP contribution in [0.25, 0.3) is 0 Å². The van der Waals surface area contributed by atoms with E-state index in [9.17, 15) is 4.79 Å². The summed E-state index contributed by atoms with van der Waals surface area (Å²) in [5.41, 5.74) is 0.851. The molecule has 1 amide bonds. The first-order valence-electron chi connectivity index (χ1n) is 9.06. The van der Waals surface area contributed by atoms with Gasteiger partial charge in [-0.3, -0.25) is 0 Å². The van der Waals surface area contributed by atoms with Crippen molar-refractivity contribution in [3.63, 3.8) is 0 Å². The van der Waals surface area contributed by atoms with E-state index in [-0.39, 0.29) is 6.09 Å². The van der Waals surface area contributed by atoms with Gasteiger partial charge in [0.2, 0.25) is 5.95 Å². The van der Waals surface area contributed by atoms with E-state index in [0.29, 0.717) is 45.3 Å². The lowest BCUT2D eigenvalue weighted by molar-refractivity contribution is 0.105. The van der Waals surface area contributed by atoms with Crippen molar-refractivity contribution >= 4 is 23.5 Å². The summed E-state index contributed by atoms with van der Waals surface area (Å²) in [5, 5.41) is 11.2. The maximum atomic E-state index is 11.8. The van der Waals surface area contributed by atoms with Gasteiger partial charge in [-0.15, -0.1) is 5.10 Å². The van der Waals surface area contributed by atoms with Gasteiger partial charge in [0.15, 0.2) is 5.82 Å². The molecule has 9 nitrogen and oxygen atoms in total. The zero-order valence-electron chi connectivity index (χ0n) is 15.6. The van der Waals surface area contributed by atoms with Crippen molar-refractivity contribution in [3.05, 3.63) is 30.5 Å². The Kier molecular flexibility index (Phi) is 6.24. The van der Waals surface area contributed by atoms with E-state index in [0.717, 1.165) is 17.3 Å². The standard InChI is InChI=1S/C18H24N6O3/c1-3-26-15-7-5-14(6-8-15)20-17-21-16(13-19-22-17)23-9-11-24(12-10-23)18(25)27-4-2/h5-8,13H,3-4,9-12H2,1-2H3,(H,20,21,22). The van der Waals surface area contributed by atoms with Crippen LogP contribution >= 0.6 is 0 Å². The largest absolute Gasteiger partial charge is 0.494 e. The fourth-order valence-electron chi connectivity index (χ4n) is 2.76. The summed E-state index contributed by atoms with van der Waals surface area (Å²) in [4.78, 5) is 20.1. The zero-order chi connectivity index (χ0) is 19.1. The van der Waals surface area contributed by atoms with Crippen LogP contribution in [0.4, 0.5) is 22.2 Å². The zero-order valence-corrected chi connectivity index (χ0v) is 15.6. The van der Waals surface area contributed by atoms with Crippen LogP contribution in [0.5, 0.6) is 5.75 Å². The number of carbonyl (C=O) groups excluding carboxylic acids is 1. The molecule has 0 unspecified atom stereocenters. The molecule has 9 heteroatoms. The number of nitrogens with zero attached hydrogens (tertiary/aromatic N) is 5. The van der Waals surface area contributed by atoms with Crippen LogP contribution in [0.1, 0.15) is 13.8 Å². The van der Waals surface area contributed by atoms with Gasteiger partial charge in [0.05, 0.1) is 19.4 Å². The third-order valence-corrected chi connectivity index (χ3v) is 4.10. The van der Waals surface area contributed by atoms with Crippen molar-refractivity contribution in [1.82, 2.24) is 20.1 Å². The molecule has 1 aromatic carbocycles. The number of hydrogen-bond donors (Lipinski definition) is 1. The molecule has 27 heavy (non-hydrogen) atoms. The summed E-state index contributed by atoms with van der Waals surface area (Å²) >= 11 is 0. The highest BCUT2D eigenvalue weighted by molar-refractivity contribution is 5.68. The van der Waals surface area contributed by atoms with E-state index >= 15 is 0 Å². The van der Waals surface area contributed by atoms with E-state index in [1.54, 1.807) is 18.0 Å².